The number of ether oxygens (including phenoxy) is 2. The standard InChI is InChI=1S/C8H14N2O5/c1-14-8(15-2)6(11)4-3-5(9-12)7(8)10-13/h3,6,9,11-13H,4H2,1-2H3/b10-7+/t6-/m1/s1. The van der Waals surface area contributed by atoms with Crippen molar-refractivity contribution in [3.8, 4) is 0 Å². The molecular formula is C8H14N2O5. The number of aliphatic hydroxyl groups excluding tert-OH is 1. The second-order valence-electron chi connectivity index (χ2n) is 3.01. The monoisotopic (exact) mass is 218 g/mol. The van der Waals surface area contributed by atoms with Crippen LogP contribution in [0.25, 0.3) is 0 Å². The maximum Gasteiger partial charge on any atom is 0.244 e. The Morgan fingerprint density at radius 1 is 1.53 bits per heavy atom. The first-order valence-corrected chi connectivity index (χ1v) is 4.27. The van der Waals surface area contributed by atoms with Gasteiger partial charge in [-0.3, -0.25) is 10.7 Å². The molecule has 86 valence electrons. The fourth-order valence-corrected chi connectivity index (χ4v) is 1.60. The third-order valence-electron chi connectivity index (χ3n) is 2.40. The van der Waals surface area contributed by atoms with Crippen LogP contribution in [0.2, 0.25) is 0 Å². The highest BCUT2D eigenvalue weighted by atomic mass is 16.7. The van der Waals surface area contributed by atoms with Crippen molar-refractivity contribution in [3.05, 3.63) is 11.8 Å². The molecule has 0 saturated heterocycles. The molecule has 1 atom stereocenters. The molecule has 7 heteroatoms. The fourth-order valence-electron chi connectivity index (χ4n) is 1.60. The molecule has 15 heavy (non-hydrogen) atoms. The lowest BCUT2D eigenvalue weighted by Crippen LogP contribution is -2.56. The maximum absolute atomic E-state index is 9.74. The normalized spacial score (nSPS) is 27.6. The fraction of sp³-hybridized carbons (Fsp3) is 0.625. The van der Waals surface area contributed by atoms with Gasteiger partial charge in [-0.1, -0.05) is 11.2 Å². The summed E-state index contributed by atoms with van der Waals surface area (Å²) in [5.41, 5.74) is 1.86. The predicted molar refractivity (Wildman–Crippen MR) is 49.6 cm³/mol. The Labute approximate surface area is 86.6 Å². The third kappa shape index (κ3) is 1.70. The van der Waals surface area contributed by atoms with Gasteiger partial charge < -0.3 is 19.8 Å². The molecule has 0 aromatic heterocycles. The summed E-state index contributed by atoms with van der Waals surface area (Å²) in [6, 6.07) is 0. The SMILES string of the molecule is COC1(OC)/C(=N/O)C(NO)=CC[C@H]1O. The van der Waals surface area contributed by atoms with Crippen molar-refractivity contribution in [2.24, 2.45) is 5.16 Å². The van der Waals surface area contributed by atoms with Crippen LogP contribution in [-0.4, -0.2) is 47.3 Å². The van der Waals surface area contributed by atoms with E-state index in [2.05, 4.69) is 5.16 Å². The van der Waals surface area contributed by atoms with Gasteiger partial charge in [0.05, 0.1) is 5.70 Å². The van der Waals surface area contributed by atoms with E-state index in [0.717, 1.165) is 0 Å². The first kappa shape index (κ1) is 11.9. The first-order chi connectivity index (χ1) is 7.16. The molecule has 1 rings (SSSR count). The summed E-state index contributed by atoms with van der Waals surface area (Å²) in [6.45, 7) is 0. The first-order valence-electron chi connectivity index (χ1n) is 4.27. The van der Waals surface area contributed by atoms with E-state index in [-0.39, 0.29) is 17.8 Å². The Kier molecular flexibility index (Phi) is 3.64. The summed E-state index contributed by atoms with van der Waals surface area (Å²) < 4.78 is 10.0. The van der Waals surface area contributed by atoms with E-state index in [1.54, 1.807) is 0 Å². The zero-order valence-electron chi connectivity index (χ0n) is 8.47. The lowest BCUT2D eigenvalue weighted by molar-refractivity contribution is -0.212. The van der Waals surface area contributed by atoms with E-state index >= 15 is 0 Å². The highest BCUT2D eigenvalue weighted by Gasteiger charge is 2.48. The molecule has 7 nitrogen and oxygen atoms in total. The Morgan fingerprint density at radius 3 is 2.53 bits per heavy atom. The van der Waals surface area contributed by atoms with Crippen molar-refractivity contribution in [1.29, 1.82) is 0 Å². The Morgan fingerprint density at radius 2 is 2.13 bits per heavy atom. The van der Waals surface area contributed by atoms with Gasteiger partial charge in [-0.05, 0) is 6.42 Å². The molecule has 0 bridgehead atoms. The number of hydroxylamine groups is 1. The molecule has 0 unspecified atom stereocenters. The molecule has 0 heterocycles. The van der Waals surface area contributed by atoms with Gasteiger partial charge in [0.15, 0.2) is 5.71 Å². The maximum atomic E-state index is 9.74. The number of rotatable bonds is 3. The third-order valence-corrected chi connectivity index (χ3v) is 2.40. The van der Waals surface area contributed by atoms with Gasteiger partial charge in [0.1, 0.15) is 6.10 Å². The van der Waals surface area contributed by atoms with Crippen molar-refractivity contribution in [1.82, 2.24) is 5.48 Å². The topological polar surface area (TPSA) is 104 Å². The van der Waals surface area contributed by atoms with Gasteiger partial charge in [0.2, 0.25) is 5.79 Å². The van der Waals surface area contributed by atoms with E-state index in [4.69, 9.17) is 19.9 Å². The highest BCUT2D eigenvalue weighted by molar-refractivity contribution is 6.05. The Balaban J connectivity index is 3.19. The minimum absolute atomic E-state index is 0.117. The average molecular weight is 218 g/mol. The summed E-state index contributed by atoms with van der Waals surface area (Å²) in [6.07, 6.45) is 0.648. The van der Waals surface area contributed by atoms with Gasteiger partial charge in [0, 0.05) is 14.2 Å². The number of nitrogens with zero attached hydrogens (tertiary/aromatic N) is 1. The zero-order chi connectivity index (χ0) is 11.5. The molecular weight excluding hydrogens is 204 g/mol. The van der Waals surface area contributed by atoms with Crippen LogP contribution >= 0.6 is 0 Å². The van der Waals surface area contributed by atoms with Gasteiger partial charge in [0.25, 0.3) is 0 Å². The second kappa shape index (κ2) is 4.58. The number of aliphatic hydroxyl groups is 1. The number of nitrogens with one attached hydrogen (secondary N) is 1. The average Bonchev–Trinajstić information content (AvgIpc) is 2.28. The second-order valence-corrected chi connectivity index (χ2v) is 3.01. The predicted octanol–water partition coefficient (Wildman–Crippen LogP) is -0.567. The van der Waals surface area contributed by atoms with Gasteiger partial charge in [-0.25, -0.2) is 0 Å². The van der Waals surface area contributed by atoms with E-state index < -0.39 is 11.9 Å². The largest absolute Gasteiger partial charge is 0.410 e. The molecule has 4 N–H and O–H groups in total. The number of oxime groups is 1. The summed E-state index contributed by atoms with van der Waals surface area (Å²) in [5.74, 6) is -1.57. The van der Waals surface area contributed by atoms with Crippen LogP contribution in [0.1, 0.15) is 6.42 Å². The molecule has 0 amide bonds. The van der Waals surface area contributed by atoms with Crippen LogP contribution in [0, 0.1) is 0 Å². The molecule has 0 aliphatic heterocycles. The smallest absolute Gasteiger partial charge is 0.244 e. The number of hydrogen-bond acceptors (Lipinski definition) is 7. The molecule has 0 spiro atoms. The van der Waals surface area contributed by atoms with Gasteiger partial charge in [-0.15, -0.1) is 0 Å². The van der Waals surface area contributed by atoms with Crippen LogP contribution in [0.5, 0.6) is 0 Å². The Hall–Kier alpha value is -1.15. The van der Waals surface area contributed by atoms with Crippen LogP contribution in [0.4, 0.5) is 0 Å². The van der Waals surface area contributed by atoms with Crippen molar-refractivity contribution < 1.29 is 25.0 Å². The van der Waals surface area contributed by atoms with Crippen molar-refractivity contribution in [3.63, 3.8) is 0 Å². The van der Waals surface area contributed by atoms with Crippen molar-refractivity contribution >= 4 is 5.71 Å². The van der Waals surface area contributed by atoms with E-state index in [1.165, 1.54) is 20.3 Å². The molecule has 0 aromatic rings. The minimum atomic E-state index is -1.57. The zero-order valence-corrected chi connectivity index (χ0v) is 8.47. The summed E-state index contributed by atoms with van der Waals surface area (Å²) in [5, 5.41) is 30.3. The summed E-state index contributed by atoms with van der Waals surface area (Å²) in [4.78, 5) is 0. The Bertz CT molecular complexity index is 285. The minimum Gasteiger partial charge on any atom is -0.410 e. The molecule has 0 fully saturated rings. The lowest BCUT2D eigenvalue weighted by Gasteiger charge is -2.38. The number of hydrogen-bond donors (Lipinski definition) is 4. The van der Waals surface area contributed by atoms with Crippen LogP contribution < -0.4 is 5.48 Å². The van der Waals surface area contributed by atoms with Gasteiger partial charge in [-0.2, -0.15) is 0 Å². The van der Waals surface area contributed by atoms with Crippen molar-refractivity contribution in [2.45, 2.75) is 18.3 Å². The summed E-state index contributed by atoms with van der Waals surface area (Å²) in [7, 11) is 2.61. The van der Waals surface area contributed by atoms with E-state index in [0.29, 0.717) is 0 Å². The van der Waals surface area contributed by atoms with E-state index in [1.807, 2.05) is 5.48 Å². The van der Waals surface area contributed by atoms with Crippen LogP contribution in [0.15, 0.2) is 16.9 Å². The summed E-state index contributed by atoms with van der Waals surface area (Å²) >= 11 is 0. The molecule has 0 saturated carbocycles. The van der Waals surface area contributed by atoms with Gasteiger partial charge >= 0.3 is 0 Å². The molecule has 0 radical (unpaired) electrons. The quantitative estimate of drug-likeness (QED) is 0.287. The molecule has 0 aromatic carbocycles. The van der Waals surface area contributed by atoms with Crippen molar-refractivity contribution in [2.75, 3.05) is 14.2 Å². The molecule has 1 aliphatic rings. The van der Waals surface area contributed by atoms with Crippen LogP contribution in [0.3, 0.4) is 0 Å². The molecule has 1 aliphatic carbocycles. The van der Waals surface area contributed by atoms with Crippen LogP contribution in [-0.2, 0) is 9.47 Å². The lowest BCUT2D eigenvalue weighted by atomic mass is 9.92. The number of methoxy groups -OCH3 is 2. The van der Waals surface area contributed by atoms with E-state index in [9.17, 15) is 5.11 Å². The highest BCUT2D eigenvalue weighted by Crippen LogP contribution is 2.29.